The Kier molecular flexibility index (Phi) is 7.41. The van der Waals surface area contributed by atoms with Gasteiger partial charge in [0.2, 0.25) is 0 Å². The molecular weight excluding hydrogens is 282 g/mol. The van der Waals surface area contributed by atoms with Crippen molar-refractivity contribution in [2.24, 2.45) is 0 Å². The van der Waals surface area contributed by atoms with Gasteiger partial charge in [-0.05, 0) is 51.0 Å². The summed E-state index contributed by atoms with van der Waals surface area (Å²) >= 11 is 0. The van der Waals surface area contributed by atoms with Crippen molar-refractivity contribution in [2.45, 2.75) is 38.8 Å². The maximum Gasteiger partial charge on any atom is 0.130 e. The standard InChI is InChI=1S/C15H22F2N2.ClH/c1-2-10-19(12-6-8-18-9-7-12)11-13-14(16)4-3-5-15(13)17;/h3-5,12,18H,2,6-11H2,1H3;1H. The third-order valence-corrected chi connectivity index (χ3v) is 3.76. The smallest absolute Gasteiger partial charge is 0.130 e. The monoisotopic (exact) mass is 304 g/mol. The number of rotatable bonds is 5. The zero-order valence-electron chi connectivity index (χ0n) is 11.9. The molecule has 0 bridgehead atoms. The van der Waals surface area contributed by atoms with E-state index >= 15 is 0 Å². The van der Waals surface area contributed by atoms with Gasteiger partial charge in [-0.3, -0.25) is 4.90 Å². The fraction of sp³-hybridized carbons (Fsp3) is 0.600. The van der Waals surface area contributed by atoms with Crippen molar-refractivity contribution >= 4 is 12.4 Å². The summed E-state index contributed by atoms with van der Waals surface area (Å²) in [5.74, 6) is -0.870. The molecule has 20 heavy (non-hydrogen) atoms. The molecule has 0 aromatic heterocycles. The number of hydrogen-bond acceptors (Lipinski definition) is 2. The first-order chi connectivity index (χ1) is 9.22. The molecule has 114 valence electrons. The van der Waals surface area contributed by atoms with Crippen molar-refractivity contribution in [2.75, 3.05) is 19.6 Å². The molecule has 1 fully saturated rings. The van der Waals surface area contributed by atoms with Crippen molar-refractivity contribution in [1.82, 2.24) is 10.2 Å². The maximum atomic E-state index is 13.7. The van der Waals surface area contributed by atoms with Crippen molar-refractivity contribution in [3.63, 3.8) is 0 Å². The zero-order chi connectivity index (χ0) is 13.7. The van der Waals surface area contributed by atoms with E-state index in [0.717, 1.165) is 38.9 Å². The van der Waals surface area contributed by atoms with Crippen LogP contribution in [0.5, 0.6) is 0 Å². The molecule has 0 spiro atoms. The summed E-state index contributed by atoms with van der Waals surface area (Å²) in [5.41, 5.74) is 0.203. The van der Waals surface area contributed by atoms with E-state index in [0.29, 0.717) is 12.6 Å². The summed E-state index contributed by atoms with van der Waals surface area (Å²) in [6.07, 6.45) is 3.10. The molecule has 1 aromatic rings. The van der Waals surface area contributed by atoms with E-state index in [1.54, 1.807) is 0 Å². The minimum absolute atomic E-state index is 0. The lowest BCUT2D eigenvalue weighted by Gasteiger charge is -2.34. The molecule has 1 aliphatic heterocycles. The van der Waals surface area contributed by atoms with Crippen LogP contribution in [0, 0.1) is 11.6 Å². The molecule has 0 radical (unpaired) electrons. The van der Waals surface area contributed by atoms with Gasteiger partial charge in [0.1, 0.15) is 11.6 Å². The Morgan fingerprint density at radius 1 is 1.20 bits per heavy atom. The lowest BCUT2D eigenvalue weighted by Crippen LogP contribution is -2.43. The van der Waals surface area contributed by atoms with E-state index in [1.807, 2.05) is 0 Å². The van der Waals surface area contributed by atoms with Crippen LogP contribution < -0.4 is 5.32 Å². The predicted octanol–water partition coefficient (Wildman–Crippen LogP) is 3.35. The summed E-state index contributed by atoms with van der Waals surface area (Å²) in [6, 6.07) is 4.53. The number of piperidine rings is 1. The predicted molar refractivity (Wildman–Crippen MR) is 80.2 cm³/mol. The van der Waals surface area contributed by atoms with E-state index in [-0.39, 0.29) is 18.0 Å². The Balaban J connectivity index is 0.00000200. The zero-order valence-corrected chi connectivity index (χ0v) is 12.7. The van der Waals surface area contributed by atoms with Crippen LogP contribution in [0.3, 0.4) is 0 Å². The quantitative estimate of drug-likeness (QED) is 0.897. The fourth-order valence-corrected chi connectivity index (χ4v) is 2.74. The number of nitrogens with one attached hydrogen (secondary N) is 1. The highest BCUT2D eigenvalue weighted by Crippen LogP contribution is 2.19. The highest BCUT2D eigenvalue weighted by Gasteiger charge is 2.22. The van der Waals surface area contributed by atoms with Crippen molar-refractivity contribution in [3.8, 4) is 0 Å². The lowest BCUT2D eigenvalue weighted by molar-refractivity contribution is 0.150. The normalized spacial score (nSPS) is 16.2. The van der Waals surface area contributed by atoms with Gasteiger partial charge in [0, 0.05) is 18.2 Å². The van der Waals surface area contributed by atoms with E-state index in [9.17, 15) is 8.78 Å². The first kappa shape index (κ1) is 17.3. The summed E-state index contributed by atoms with van der Waals surface area (Å²) < 4.78 is 27.5. The van der Waals surface area contributed by atoms with Crippen molar-refractivity contribution < 1.29 is 8.78 Å². The number of nitrogens with zero attached hydrogens (tertiary/aromatic N) is 1. The minimum Gasteiger partial charge on any atom is -0.317 e. The van der Waals surface area contributed by atoms with Gasteiger partial charge < -0.3 is 5.32 Å². The molecule has 2 rings (SSSR count). The van der Waals surface area contributed by atoms with E-state index in [4.69, 9.17) is 0 Å². The van der Waals surface area contributed by atoms with Gasteiger partial charge in [0.15, 0.2) is 0 Å². The molecule has 1 aliphatic rings. The molecule has 5 heteroatoms. The third kappa shape index (κ3) is 4.40. The first-order valence-corrected chi connectivity index (χ1v) is 7.10. The Bertz CT molecular complexity index is 389. The fourth-order valence-electron chi connectivity index (χ4n) is 2.74. The van der Waals surface area contributed by atoms with Crippen LogP contribution in [-0.2, 0) is 6.54 Å². The second-order valence-corrected chi connectivity index (χ2v) is 5.15. The average molecular weight is 305 g/mol. The van der Waals surface area contributed by atoms with Gasteiger partial charge in [-0.2, -0.15) is 0 Å². The second-order valence-electron chi connectivity index (χ2n) is 5.15. The molecule has 1 saturated heterocycles. The van der Waals surface area contributed by atoms with Crippen LogP contribution in [0.4, 0.5) is 8.78 Å². The number of halogens is 3. The summed E-state index contributed by atoms with van der Waals surface area (Å²) in [7, 11) is 0. The van der Waals surface area contributed by atoms with E-state index in [1.165, 1.54) is 18.2 Å². The van der Waals surface area contributed by atoms with Crippen LogP contribution >= 0.6 is 12.4 Å². The van der Waals surface area contributed by atoms with Crippen LogP contribution in [0.1, 0.15) is 31.7 Å². The Morgan fingerprint density at radius 2 is 1.80 bits per heavy atom. The molecular formula is C15H23ClF2N2. The van der Waals surface area contributed by atoms with E-state index in [2.05, 4.69) is 17.1 Å². The SMILES string of the molecule is CCCN(Cc1c(F)cccc1F)C1CCNCC1.Cl. The molecule has 0 saturated carbocycles. The molecule has 0 unspecified atom stereocenters. The van der Waals surface area contributed by atoms with Gasteiger partial charge in [-0.25, -0.2) is 8.78 Å². The minimum atomic E-state index is -0.435. The summed E-state index contributed by atoms with van der Waals surface area (Å²) in [5, 5.41) is 3.32. The molecule has 2 nitrogen and oxygen atoms in total. The van der Waals surface area contributed by atoms with Crippen LogP contribution in [0.2, 0.25) is 0 Å². The van der Waals surface area contributed by atoms with Crippen molar-refractivity contribution in [3.05, 3.63) is 35.4 Å². The number of hydrogen-bond donors (Lipinski definition) is 1. The Morgan fingerprint density at radius 3 is 2.35 bits per heavy atom. The third-order valence-electron chi connectivity index (χ3n) is 3.76. The topological polar surface area (TPSA) is 15.3 Å². The van der Waals surface area contributed by atoms with Crippen LogP contribution in [0.15, 0.2) is 18.2 Å². The molecule has 1 heterocycles. The highest BCUT2D eigenvalue weighted by atomic mass is 35.5. The van der Waals surface area contributed by atoms with Crippen LogP contribution in [-0.4, -0.2) is 30.6 Å². The molecule has 1 N–H and O–H groups in total. The second kappa shape index (κ2) is 8.55. The highest BCUT2D eigenvalue weighted by molar-refractivity contribution is 5.85. The first-order valence-electron chi connectivity index (χ1n) is 7.10. The Labute approximate surface area is 126 Å². The van der Waals surface area contributed by atoms with E-state index < -0.39 is 11.6 Å². The summed E-state index contributed by atoms with van der Waals surface area (Å²) in [4.78, 5) is 2.22. The largest absolute Gasteiger partial charge is 0.317 e. The van der Waals surface area contributed by atoms with Gasteiger partial charge in [0.05, 0.1) is 0 Å². The summed E-state index contributed by atoms with van der Waals surface area (Å²) in [6.45, 7) is 5.34. The molecule has 0 aliphatic carbocycles. The average Bonchev–Trinajstić information content (AvgIpc) is 2.43. The maximum absolute atomic E-state index is 13.7. The molecule has 0 atom stereocenters. The number of benzene rings is 1. The lowest BCUT2D eigenvalue weighted by atomic mass is 10.0. The van der Waals surface area contributed by atoms with Gasteiger partial charge >= 0.3 is 0 Å². The van der Waals surface area contributed by atoms with Gasteiger partial charge in [-0.1, -0.05) is 13.0 Å². The van der Waals surface area contributed by atoms with Crippen LogP contribution in [0.25, 0.3) is 0 Å². The van der Waals surface area contributed by atoms with Gasteiger partial charge in [0.25, 0.3) is 0 Å². The van der Waals surface area contributed by atoms with Crippen molar-refractivity contribution in [1.29, 1.82) is 0 Å². The van der Waals surface area contributed by atoms with Gasteiger partial charge in [-0.15, -0.1) is 12.4 Å². The molecule has 0 amide bonds. The molecule has 1 aromatic carbocycles. The Hall–Kier alpha value is -0.710.